The van der Waals surface area contributed by atoms with Crippen molar-refractivity contribution >= 4 is 50.0 Å². The summed E-state index contributed by atoms with van der Waals surface area (Å²) in [5.41, 5.74) is 3.05. The SMILES string of the molecule is Cc1cc(Nc2nc[nH]c(=O)c2I)cc(C)c1Br. The molecule has 0 aliphatic carbocycles. The first-order chi connectivity index (χ1) is 8.49. The highest BCUT2D eigenvalue weighted by atomic mass is 127. The molecular weight excluding hydrogens is 409 g/mol. The van der Waals surface area contributed by atoms with Crippen LogP contribution < -0.4 is 10.9 Å². The molecule has 2 aromatic rings. The van der Waals surface area contributed by atoms with E-state index in [9.17, 15) is 4.79 Å². The lowest BCUT2D eigenvalue weighted by atomic mass is 10.1. The molecule has 18 heavy (non-hydrogen) atoms. The minimum absolute atomic E-state index is 0.140. The zero-order chi connectivity index (χ0) is 13.3. The van der Waals surface area contributed by atoms with Gasteiger partial charge in [-0.1, -0.05) is 15.9 Å². The first kappa shape index (κ1) is 13.5. The molecule has 2 rings (SSSR count). The van der Waals surface area contributed by atoms with Crippen LogP contribution in [0.4, 0.5) is 11.5 Å². The molecule has 0 aliphatic heterocycles. The van der Waals surface area contributed by atoms with Gasteiger partial charge >= 0.3 is 0 Å². The molecule has 94 valence electrons. The minimum atomic E-state index is -0.140. The van der Waals surface area contributed by atoms with Crippen LogP contribution in [0.15, 0.2) is 27.7 Å². The fourth-order valence-electron chi connectivity index (χ4n) is 1.62. The smallest absolute Gasteiger partial charge is 0.266 e. The Kier molecular flexibility index (Phi) is 4.06. The van der Waals surface area contributed by atoms with E-state index in [1.807, 2.05) is 48.6 Å². The summed E-state index contributed by atoms with van der Waals surface area (Å²) >= 11 is 5.50. The molecule has 4 nitrogen and oxygen atoms in total. The number of hydrogen-bond acceptors (Lipinski definition) is 3. The molecule has 1 heterocycles. The van der Waals surface area contributed by atoms with Crippen molar-refractivity contribution in [2.75, 3.05) is 5.32 Å². The van der Waals surface area contributed by atoms with Gasteiger partial charge in [0.2, 0.25) is 0 Å². The molecule has 0 atom stereocenters. The standard InChI is InChI=1S/C12H11BrIN3O/c1-6-3-8(4-7(2)9(6)13)17-11-10(14)12(18)16-5-15-11/h3-5H,1-2H3,(H2,15,16,17,18). The number of halogens is 2. The lowest BCUT2D eigenvalue weighted by Crippen LogP contribution is -2.13. The highest BCUT2D eigenvalue weighted by Crippen LogP contribution is 2.27. The summed E-state index contributed by atoms with van der Waals surface area (Å²) in [4.78, 5) is 18.1. The number of nitrogens with one attached hydrogen (secondary N) is 2. The van der Waals surface area contributed by atoms with Gasteiger partial charge < -0.3 is 10.3 Å². The van der Waals surface area contributed by atoms with Gasteiger partial charge in [0.25, 0.3) is 5.56 Å². The lowest BCUT2D eigenvalue weighted by Gasteiger charge is -2.10. The number of aryl methyl sites for hydroxylation is 2. The molecule has 1 aromatic carbocycles. The first-order valence-corrected chi connectivity index (χ1v) is 7.13. The van der Waals surface area contributed by atoms with Crippen LogP contribution >= 0.6 is 38.5 Å². The molecule has 1 aromatic heterocycles. The van der Waals surface area contributed by atoms with Gasteiger partial charge in [0, 0.05) is 10.2 Å². The lowest BCUT2D eigenvalue weighted by molar-refractivity contribution is 1.10. The second-order valence-corrected chi connectivity index (χ2v) is 5.82. The molecular formula is C12H11BrIN3O. The van der Waals surface area contributed by atoms with Gasteiger partial charge in [-0.2, -0.15) is 0 Å². The Morgan fingerprint density at radius 3 is 2.56 bits per heavy atom. The van der Waals surface area contributed by atoms with Crippen LogP contribution in [-0.2, 0) is 0 Å². The van der Waals surface area contributed by atoms with Crippen LogP contribution in [0.2, 0.25) is 0 Å². The zero-order valence-corrected chi connectivity index (χ0v) is 13.6. The largest absolute Gasteiger partial charge is 0.339 e. The molecule has 0 bridgehead atoms. The summed E-state index contributed by atoms with van der Waals surface area (Å²) in [6.07, 6.45) is 1.39. The van der Waals surface area contributed by atoms with Crippen molar-refractivity contribution < 1.29 is 0 Å². The molecule has 0 spiro atoms. The highest BCUT2D eigenvalue weighted by Gasteiger charge is 2.07. The van der Waals surface area contributed by atoms with Gasteiger partial charge in [0.05, 0.1) is 6.33 Å². The van der Waals surface area contributed by atoms with Crippen molar-refractivity contribution in [3.63, 3.8) is 0 Å². The fourth-order valence-corrected chi connectivity index (χ4v) is 2.28. The Morgan fingerprint density at radius 2 is 1.94 bits per heavy atom. The van der Waals surface area contributed by atoms with Crippen molar-refractivity contribution in [2.45, 2.75) is 13.8 Å². The van der Waals surface area contributed by atoms with Gasteiger partial charge in [0.1, 0.15) is 3.57 Å². The summed E-state index contributed by atoms with van der Waals surface area (Å²) in [7, 11) is 0. The van der Waals surface area contributed by atoms with Crippen LogP contribution in [0.25, 0.3) is 0 Å². The number of benzene rings is 1. The average molecular weight is 420 g/mol. The molecule has 6 heteroatoms. The maximum atomic E-state index is 11.5. The third kappa shape index (κ3) is 2.74. The molecule has 0 saturated heterocycles. The highest BCUT2D eigenvalue weighted by molar-refractivity contribution is 14.1. The molecule has 0 saturated carbocycles. The number of aromatic nitrogens is 2. The van der Waals surface area contributed by atoms with Crippen molar-refractivity contribution in [3.8, 4) is 0 Å². The third-order valence-corrected chi connectivity index (χ3v) is 4.75. The third-order valence-electron chi connectivity index (χ3n) is 2.50. The Morgan fingerprint density at radius 1 is 1.33 bits per heavy atom. The van der Waals surface area contributed by atoms with Crippen LogP contribution in [0, 0.1) is 17.4 Å². The van der Waals surface area contributed by atoms with Crippen molar-refractivity contribution in [3.05, 3.63) is 48.0 Å². The quantitative estimate of drug-likeness (QED) is 0.732. The van der Waals surface area contributed by atoms with Crippen LogP contribution in [0.1, 0.15) is 11.1 Å². The molecule has 0 fully saturated rings. The number of anilines is 2. The normalized spacial score (nSPS) is 10.4. The van der Waals surface area contributed by atoms with E-state index >= 15 is 0 Å². The molecule has 2 N–H and O–H groups in total. The van der Waals surface area contributed by atoms with Crippen LogP contribution in [-0.4, -0.2) is 9.97 Å². The Labute approximate surface area is 126 Å². The van der Waals surface area contributed by atoms with E-state index in [0.29, 0.717) is 9.39 Å². The van der Waals surface area contributed by atoms with Gasteiger partial charge in [0.15, 0.2) is 5.82 Å². The fraction of sp³-hybridized carbons (Fsp3) is 0.167. The number of rotatable bonds is 2. The summed E-state index contributed by atoms with van der Waals surface area (Å²) in [5.74, 6) is 0.570. The number of H-pyrrole nitrogens is 1. The molecule has 0 radical (unpaired) electrons. The van der Waals surface area contributed by atoms with Gasteiger partial charge in [-0.25, -0.2) is 4.98 Å². The van der Waals surface area contributed by atoms with Gasteiger partial charge in [-0.05, 0) is 59.7 Å². The van der Waals surface area contributed by atoms with Crippen molar-refractivity contribution in [1.29, 1.82) is 0 Å². The summed E-state index contributed by atoms with van der Waals surface area (Å²) < 4.78 is 1.65. The average Bonchev–Trinajstić information content (AvgIpc) is 2.32. The van der Waals surface area contributed by atoms with Crippen LogP contribution in [0.3, 0.4) is 0 Å². The second kappa shape index (κ2) is 5.40. The van der Waals surface area contributed by atoms with E-state index in [-0.39, 0.29) is 5.56 Å². The van der Waals surface area contributed by atoms with E-state index in [1.54, 1.807) is 0 Å². The monoisotopic (exact) mass is 419 g/mol. The number of hydrogen-bond donors (Lipinski definition) is 2. The predicted molar refractivity (Wildman–Crippen MR) is 84.5 cm³/mol. The predicted octanol–water partition coefficient (Wildman–Crippen LogP) is 3.50. The van der Waals surface area contributed by atoms with Gasteiger partial charge in [-0.15, -0.1) is 0 Å². The topological polar surface area (TPSA) is 57.8 Å². The van der Waals surface area contributed by atoms with Crippen LogP contribution in [0.5, 0.6) is 0 Å². The van der Waals surface area contributed by atoms with Gasteiger partial charge in [-0.3, -0.25) is 4.79 Å². The van der Waals surface area contributed by atoms with Crippen molar-refractivity contribution in [2.24, 2.45) is 0 Å². The molecule has 0 unspecified atom stereocenters. The minimum Gasteiger partial charge on any atom is -0.339 e. The first-order valence-electron chi connectivity index (χ1n) is 5.26. The maximum Gasteiger partial charge on any atom is 0.266 e. The van der Waals surface area contributed by atoms with E-state index < -0.39 is 0 Å². The Hall–Kier alpha value is -0.890. The summed E-state index contributed by atoms with van der Waals surface area (Å²) in [5, 5.41) is 3.16. The molecule has 0 amide bonds. The number of nitrogens with zero attached hydrogens (tertiary/aromatic N) is 1. The zero-order valence-electron chi connectivity index (χ0n) is 9.84. The summed E-state index contributed by atoms with van der Waals surface area (Å²) in [6.45, 7) is 4.05. The molecule has 0 aliphatic rings. The number of aromatic amines is 1. The van der Waals surface area contributed by atoms with E-state index in [0.717, 1.165) is 21.3 Å². The van der Waals surface area contributed by atoms with E-state index in [1.165, 1.54) is 6.33 Å². The Balaban J connectivity index is 2.40. The second-order valence-electron chi connectivity index (χ2n) is 3.94. The van der Waals surface area contributed by atoms with E-state index in [2.05, 4.69) is 31.2 Å². The Bertz CT molecular complexity index is 631. The maximum absolute atomic E-state index is 11.5. The van der Waals surface area contributed by atoms with E-state index in [4.69, 9.17) is 0 Å². The van der Waals surface area contributed by atoms with Crippen molar-refractivity contribution in [1.82, 2.24) is 9.97 Å². The summed E-state index contributed by atoms with van der Waals surface area (Å²) in [6, 6.07) is 4.02.